The first-order chi connectivity index (χ1) is 12.1. The van der Waals surface area contributed by atoms with Gasteiger partial charge in [-0.1, -0.05) is 18.2 Å². The number of hydrogen-bond acceptors (Lipinski definition) is 6. The summed E-state index contributed by atoms with van der Waals surface area (Å²) in [6, 6.07) is 9.57. The largest absolute Gasteiger partial charge is 0.503 e. The molecule has 2 heterocycles. The molecule has 0 saturated carbocycles. The number of thiophene rings is 1. The minimum atomic E-state index is -0.774. The fraction of sp³-hybridized carbons (Fsp3) is 0.222. The molecular weight excluding hydrogens is 342 g/mol. The number of aliphatic hydroxyl groups is 2. The Hall–Kier alpha value is -2.64. The van der Waals surface area contributed by atoms with Gasteiger partial charge in [0.2, 0.25) is 5.78 Å². The lowest BCUT2D eigenvalue weighted by Crippen LogP contribution is -2.33. The van der Waals surface area contributed by atoms with Crippen LogP contribution in [0.3, 0.4) is 0 Å². The van der Waals surface area contributed by atoms with Crippen molar-refractivity contribution in [2.45, 2.75) is 6.04 Å². The average Bonchev–Trinajstić information content (AvgIpc) is 3.24. The molecule has 1 aliphatic rings. The fourth-order valence-electron chi connectivity index (χ4n) is 2.92. The Labute approximate surface area is 148 Å². The zero-order valence-corrected chi connectivity index (χ0v) is 14.3. The van der Waals surface area contributed by atoms with E-state index in [4.69, 9.17) is 4.74 Å². The Balaban J connectivity index is 2.11. The highest BCUT2D eigenvalue weighted by Crippen LogP contribution is 2.40. The third kappa shape index (κ3) is 3.04. The number of carbonyl (C=O) groups is 2. The van der Waals surface area contributed by atoms with Crippen LogP contribution in [-0.4, -0.2) is 47.1 Å². The van der Waals surface area contributed by atoms with Crippen molar-refractivity contribution in [3.05, 3.63) is 63.6 Å². The lowest BCUT2D eigenvalue weighted by Gasteiger charge is -2.26. The molecule has 0 saturated heterocycles. The van der Waals surface area contributed by atoms with Gasteiger partial charge in [0.1, 0.15) is 5.75 Å². The summed E-state index contributed by atoms with van der Waals surface area (Å²) in [7, 11) is 1.52. The number of ketones is 1. The molecule has 0 bridgehead atoms. The van der Waals surface area contributed by atoms with Crippen LogP contribution in [0.1, 0.15) is 21.3 Å². The minimum absolute atomic E-state index is 0.00594. The number of ether oxygens (including phenoxy) is 1. The molecule has 25 heavy (non-hydrogen) atoms. The molecule has 1 atom stereocenters. The predicted molar refractivity (Wildman–Crippen MR) is 92.8 cm³/mol. The third-order valence-electron chi connectivity index (χ3n) is 4.04. The van der Waals surface area contributed by atoms with Crippen LogP contribution in [0, 0.1) is 0 Å². The van der Waals surface area contributed by atoms with E-state index < -0.39 is 23.5 Å². The first-order valence-corrected chi connectivity index (χ1v) is 8.53. The summed E-state index contributed by atoms with van der Waals surface area (Å²) in [5, 5.41) is 21.4. The molecule has 1 aliphatic heterocycles. The highest BCUT2D eigenvalue weighted by Gasteiger charge is 2.43. The van der Waals surface area contributed by atoms with Crippen molar-refractivity contribution in [3.63, 3.8) is 0 Å². The maximum atomic E-state index is 12.9. The lowest BCUT2D eigenvalue weighted by atomic mass is 9.95. The Morgan fingerprint density at radius 2 is 2.12 bits per heavy atom. The van der Waals surface area contributed by atoms with E-state index in [0.29, 0.717) is 16.2 Å². The monoisotopic (exact) mass is 359 g/mol. The topological polar surface area (TPSA) is 87.1 Å². The molecule has 1 aromatic carbocycles. The number of rotatable bonds is 6. The molecule has 7 heteroatoms. The van der Waals surface area contributed by atoms with Crippen LogP contribution >= 0.6 is 11.3 Å². The number of carbonyl (C=O) groups excluding carboxylic acids is 2. The molecule has 0 spiro atoms. The second-order valence-electron chi connectivity index (χ2n) is 5.47. The van der Waals surface area contributed by atoms with Gasteiger partial charge >= 0.3 is 0 Å². The number of amides is 1. The molecular formula is C18H17NO5S. The molecule has 0 radical (unpaired) electrons. The smallest absolute Gasteiger partial charge is 0.290 e. The quantitative estimate of drug-likeness (QED) is 0.773. The van der Waals surface area contributed by atoms with Gasteiger partial charge in [0.05, 0.1) is 30.2 Å². The van der Waals surface area contributed by atoms with E-state index >= 15 is 0 Å². The highest BCUT2D eigenvalue weighted by molar-refractivity contribution is 7.12. The number of methoxy groups -OCH3 is 1. The molecule has 0 fully saturated rings. The first kappa shape index (κ1) is 17.2. The van der Waals surface area contributed by atoms with Gasteiger partial charge in [0.15, 0.2) is 5.76 Å². The molecule has 2 aromatic rings. The summed E-state index contributed by atoms with van der Waals surface area (Å²) in [6.07, 6.45) is 0. The van der Waals surface area contributed by atoms with Crippen molar-refractivity contribution >= 4 is 23.0 Å². The third-order valence-corrected chi connectivity index (χ3v) is 4.91. The zero-order valence-electron chi connectivity index (χ0n) is 13.5. The number of Topliss-reactive ketones (excluding diaryl/α,β-unsaturated/α-hetero) is 1. The highest BCUT2D eigenvalue weighted by atomic mass is 32.1. The van der Waals surface area contributed by atoms with Gasteiger partial charge in [-0.05, 0) is 29.1 Å². The second-order valence-corrected chi connectivity index (χ2v) is 6.42. The Bertz CT molecular complexity index is 828. The van der Waals surface area contributed by atoms with Crippen molar-refractivity contribution < 1.29 is 24.5 Å². The van der Waals surface area contributed by atoms with Gasteiger partial charge in [-0.25, -0.2) is 0 Å². The molecule has 2 N–H and O–H groups in total. The van der Waals surface area contributed by atoms with E-state index in [-0.39, 0.29) is 18.7 Å². The summed E-state index contributed by atoms with van der Waals surface area (Å²) in [5.41, 5.74) is 0.652. The van der Waals surface area contributed by atoms with Crippen molar-refractivity contribution in [1.82, 2.24) is 4.90 Å². The maximum Gasteiger partial charge on any atom is 0.290 e. The van der Waals surface area contributed by atoms with Gasteiger partial charge in [-0.15, -0.1) is 11.3 Å². The normalized spacial score (nSPS) is 17.3. The average molecular weight is 359 g/mol. The lowest BCUT2D eigenvalue weighted by molar-refractivity contribution is -0.129. The second kappa shape index (κ2) is 7.08. The molecule has 1 amide bonds. The van der Waals surface area contributed by atoms with Crippen LogP contribution in [0.5, 0.6) is 5.75 Å². The van der Waals surface area contributed by atoms with Crippen molar-refractivity contribution in [3.8, 4) is 5.75 Å². The SMILES string of the molecule is COc1cccc([C@@H]2C(C(=O)c3cccs3)=C(O)C(=O)N2CCO)c1. The van der Waals surface area contributed by atoms with Crippen molar-refractivity contribution in [1.29, 1.82) is 0 Å². The van der Waals surface area contributed by atoms with Crippen LogP contribution in [0.25, 0.3) is 0 Å². The standard InChI is InChI=1S/C18H17NO5S/c1-24-12-5-2-4-11(10-12)15-14(16(21)13-6-3-9-25-13)17(22)18(23)19(15)7-8-20/h2-6,9-10,15,20,22H,7-8H2,1H3/t15-/m1/s1. The van der Waals surface area contributed by atoms with E-state index in [1.54, 1.807) is 41.8 Å². The number of hydrogen-bond donors (Lipinski definition) is 2. The van der Waals surface area contributed by atoms with Gasteiger partial charge < -0.3 is 19.8 Å². The van der Waals surface area contributed by atoms with Crippen molar-refractivity contribution in [2.75, 3.05) is 20.3 Å². The van der Waals surface area contributed by atoms with Gasteiger partial charge in [-0.2, -0.15) is 0 Å². The van der Waals surface area contributed by atoms with Crippen LogP contribution < -0.4 is 4.74 Å². The van der Waals surface area contributed by atoms with E-state index in [1.165, 1.54) is 23.3 Å². The van der Waals surface area contributed by atoms with Crippen LogP contribution in [0.2, 0.25) is 0 Å². The Morgan fingerprint density at radius 3 is 2.76 bits per heavy atom. The number of nitrogens with zero attached hydrogens (tertiary/aromatic N) is 1. The molecule has 0 unspecified atom stereocenters. The molecule has 6 nitrogen and oxygen atoms in total. The first-order valence-electron chi connectivity index (χ1n) is 7.65. The van der Waals surface area contributed by atoms with E-state index in [1.807, 2.05) is 0 Å². The van der Waals surface area contributed by atoms with Crippen LogP contribution in [0.4, 0.5) is 0 Å². The van der Waals surface area contributed by atoms with Gasteiger partial charge in [-0.3, -0.25) is 9.59 Å². The predicted octanol–water partition coefficient (Wildman–Crippen LogP) is 2.33. The number of aliphatic hydroxyl groups excluding tert-OH is 2. The van der Waals surface area contributed by atoms with Gasteiger partial charge in [0.25, 0.3) is 5.91 Å². The number of β-amino-alcohol motifs (C(OH)–C–C–N with tert-alkyl or cyclic N) is 1. The zero-order chi connectivity index (χ0) is 18.0. The summed E-state index contributed by atoms with van der Waals surface area (Å²) in [5.74, 6) is -1.06. The minimum Gasteiger partial charge on any atom is -0.503 e. The summed E-state index contributed by atoms with van der Waals surface area (Å²) in [6.45, 7) is -0.272. The molecule has 130 valence electrons. The molecule has 3 rings (SSSR count). The summed E-state index contributed by atoms with van der Waals surface area (Å²) in [4.78, 5) is 27.1. The van der Waals surface area contributed by atoms with E-state index in [0.717, 1.165) is 0 Å². The van der Waals surface area contributed by atoms with Crippen LogP contribution in [0.15, 0.2) is 53.1 Å². The Morgan fingerprint density at radius 1 is 1.32 bits per heavy atom. The molecule has 1 aromatic heterocycles. The summed E-state index contributed by atoms with van der Waals surface area (Å²) >= 11 is 1.24. The van der Waals surface area contributed by atoms with Crippen LogP contribution in [-0.2, 0) is 4.79 Å². The van der Waals surface area contributed by atoms with E-state index in [9.17, 15) is 19.8 Å². The summed E-state index contributed by atoms with van der Waals surface area (Å²) < 4.78 is 5.22. The Kier molecular flexibility index (Phi) is 4.87. The molecule has 0 aliphatic carbocycles. The fourth-order valence-corrected chi connectivity index (χ4v) is 3.60. The van der Waals surface area contributed by atoms with Gasteiger partial charge in [0, 0.05) is 6.54 Å². The van der Waals surface area contributed by atoms with E-state index in [2.05, 4.69) is 0 Å². The number of benzene rings is 1. The maximum absolute atomic E-state index is 12.9. The van der Waals surface area contributed by atoms with Crippen molar-refractivity contribution in [2.24, 2.45) is 0 Å².